The van der Waals surface area contributed by atoms with Gasteiger partial charge in [-0.2, -0.15) is 5.26 Å². The molecule has 1 aliphatic heterocycles. The van der Waals surface area contributed by atoms with Crippen LogP contribution in [0.3, 0.4) is 0 Å². The number of anilines is 1. The Morgan fingerprint density at radius 1 is 1.32 bits per heavy atom. The molecule has 1 unspecified atom stereocenters. The van der Waals surface area contributed by atoms with Gasteiger partial charge in [0.25, 0.3) is 0 Å². The SMILES string of the molecule is CCC(C(=O)Nc1sc2c(c1C#N)CCCC2)N1CCCC1. The van der Waals surface area contributed by atoms with E-state index in [0.29, 0.717) is 5.56 Å². The number of hydrogen-bond donors (Lipinski definition) is 1. The molecule has 0 saturated carbocycles. The van der Waals surface area contributed by atoms with E-state index >= 15 is 0 Å². The van der Waals surface area contributed by atoms with Crippen molar-refractivity contribution in [2.24, 2.45) is 0 Å². The van der Waals surface area contributed by atoms with Crippen LogP contribution in [-0.2, 0) is 17.6 Å². The molecular formula is C17H23N3OS. The Morgan fingerprint density at radius 3 is 2.73 bits per heavy atom. The first kappa shape index (κ1) is 15.5. The van der Waals surface area contributed by atoms with Gasteiger partial charge in [-0.25, -0.2) is 0 Å². The third kappa shape index (κ3) is 2.90. The topological polar surface area (TPSA) is 56.1 Å². The first-order valence-electron chi connectivity index (χ1n) is 8.34. The van der Waals surface area contributed by atoms with Gasteiger partial charge in [0.2, 0.25) is 5.91 Å². The number of aryl methyl sites for hydroxylation is 1. The van der Waals surface area contributed by atoms with Crippen molar-refractivity contribution in [2.75, 3.05) is 18.4 Å². The number of fused-ring (bicyclic) bond motifs is 1. The van der Waals surface area contributed by atoms with Crippen molar-refractivity contribution in [1.82, 2.24) is 4.90 Å². The molecule has 1 aliphatic carbocycles. The summed E-state index contributed by atoms with van der Waals surface area (Å²) in [6.45, 7) is 4.09. The van der Waals surface area contributed by atoms with Crippen molar-refractivity contribution in [2.45, 2.75) is 57.9 Å². The van der Waals surface area contributed by atoms with Crippen LogP contribution in [0.1, 0.15) is 55.0 Å². The Hall–Kier alpha value is -1.38. The number of thiophene rings is 1. The molecule has 2 aliphatic rings. The maximum Gasteiger partial charge on any atom is 0.242 e. The monoisotopic (exact) mass is 317 g/mol. The van der Waals surface area contributed by atoms with Crippen molar-refractivity contribution in [3.63, 3.8) is 0 Å². The van der Waals surface area contributed by atoms with Crippen LogP contribution in [0.15, 0.2) is 0 Å². The number of nitrogens with zero attached hydrogens (tertiary/aromatic N) is 2. The molecule has 22 heavy (non-hydrogen) atoms. The normalized spacial score (nSPS) is 19.5. The summed E-state index contributed by atoms with van der Waals surface area (Å²) in [7, 11) is 0. The van der Waals surface area contributed by atoms with E-state index < -0.39 is 0 Å². The minimum absolute atomic E-state index is 0.0551. The molecule has 0 aromatic carbocycles. The third-order valence-corrected chi connectivity index (χ3v) is 6.00. The fourth-order valence-electron chi connectivity index (χ4n) is 3.63. The highest BCUT2D eigenvalue weighted by molar-refractivity contribution is 7.16. The minimum atomic E-state index is -0.0619. The molecule has 1 aromatic heterocycles. The summed E-state index contributed by atoms with van der Waals surface area (Å²) < 4.78 is 0. The zero-order valence-corrected chi connectivity index (χ0v) is 14.0. The largest absolute Gasteiger partial charge is 0.315 e. The van der Waals surface area contributed by atoms with Gasteiger partial charge in [0.15, 0.2) is 0 Å². The summed E-state index contributed by atoms with van der Waals surface area (Å²) >= 11 is 1.61. The standard InChI is InChI=1S/C17H23N3OS/c1-2-14(20-9-5-6-10-20)16(21)19-17-13(11-18)12-7-3-4-8-15(12)22-17/h14H,2-10H2,1H3,(H,19,21). The fraction of sp³-hybridized carbons (Fsp3) is 0.647. The molecule has 5 heteroatoms. The van der Waals surface area contributed by atoms with Crippen LogP contribution in [0.2, 0.25) is 0 Å². The number of nitriles is 1. The summed E-state index contributed by atoms with van der Waals surface area (Å²) in [4.78, 5) is 16.2. The maximum atomic E-state index is 12.7. The highest BCUT2D eigenvalue weighted by atomic mass is 32.1. The zero-order chi connectivity index (χ0) is 15.5. The number of likely N-dealkylation sites (tertiary alicyclic amines) is 1. The predicted molar refractivity (Wildman–Crippen MR) is 89.2 cm³/mol. The van der Waals surface area contributed by atoms with E-state index in [0.717, 1.165) is 43.8 Å². The molecular weight excluding hydrogens is 294 g/mol. The molecule has 1 aromatic rings. The Balaban J connectivity index is 1.78. The van der Waals surface area contributed by atoms with Crippen LogP contribution in [0.5, 0.6) is 0 Å². The van der Waals surface area contributed by atoms with Crippen molar-refractivity contribution in [3.05, 3.63) is 16.0 Å². The lowest BCUT2D eigenvalue weighted by Gasteiger charge is -2.25. The Kier molecular flexibility index (Phi) is 4.80. The lowest BCUT2D eigenvalue weighted by atomic mass is 9.96. The Bertz CT molecular complexity index is 596. The van der Waals surface area contributed by atoms with Gasteiger partial charge >= 0.3 is 0 Å². The second kappa shape index (κ2) is 6.80. The number of nitrogens with one attached hydrogen (secondary N) is 1. The van der Waals surface area contributed by atoms with Crippen LogP contribution in [0, 0.1) is 11.3 Å². The van der Waals surface area contributed by atoms with Crippen LogP contribution >= 0.6 is 11.3 Å². The number of amides is 1. The Labute approximate surface area is 136 Å². The average molecular weight is 317 g/mol. The number of hydrogen-bond acceptors (Lipinski definition) is 4. The molecule has 118 valence electrons. The van der Waals surface area contributed by atoms with Crippen LogP contribution in [0.25, 0.3) is 0 Å². The molecule has 4 nitrogen and oxygen atoms in total. The lowest BCUT2D eigenvalue weighted by Crippen LogP contribution is -2.42. The quantitative estimate of drug-likeness (QED) is 0.927. The van der Waals surface area contributed by atoms with E-state index in [1.807, 2.05) is 0 Å². The smallest absolute Gasteiger partial charge is 0.242 e. The van der Waals surface area contributed by atoms with Crippen molar-refractivity contribution >= 4 is 22.2 Å². The van der Waals surface area contributed by atoms with Gasteiger partial charge in [0, 0.05) is 4.88 Å². The molecule has 1 amide bonds. The molecule has 1 saturated heterocycles. The molecule has 0 bridgehead atoms. The second-order valence-corrected chi connectivity index (χ2v) is 7.29. The first-order valence-corrected chi connectivity index (χ1v) is 9.15. The number of carbonyl (C=O) groups is 1. The van der Waals surface area contributed by atoms with Gasteiger partial charge in [0.1, 0.15) is 11.1 Å². The highest BCUT2D eigenvalue weighted by Crippen LogP contribution is 2.37. The van der Waals surface area contributed by atoms with Crippen molar-refractivity contribution < 1.29 is 4.79 Å². The number of rotatable bonds is 4. The van der Waals surface area contributed by atoms with Crippen LogP contribution in [-0.4, -0.2) is 29.9 Å². The van der Waals surface area contributed by atoms with Gasteiger partial charge in [0.05, 0.1) is 11.6 Å². The molecule has 0 radical (unpaired) electrons. The van der Waals surface area contributed by atoms with Gasteiger partial charge in [-0.3, -0.25) is 9.69 Å². The second-order valence-electron chi connectivity index (χ2n) is 6.18. The van der Waals surface area contributed by atoms with Gasteiger partial charge in [-0.1, -0.05) is 6.92 Å². The van der Waals surface area contributed by atoms with E-state index in [-0.39, 0.29) is 11.9 Å². The lowest BCUT2D eigenvalue weighted by molar-refractivity contribution is -0.121. The van der Waals surface area contributed by atoms with Crippen molar-refractivity contribution in [1.29, 1.82) is 5.26 Å². The molecule has 2 heterocycles. The van der Waals surface area contributed by atoms with E-state index in [4.69, 9.17) is 0 Å². The molecule has 1 N–H and O–H groups in total. The Morgan fingerprint density at radius 2 is 2.05 bits per heavy atom. The van der Waals surface area contributed by atoms with E-state index in [1.54, 1.807) is 11.3 Å². The van der Waals surface area contributed by atoms with Crippen LogP contribution in [0.4, 0.5) is 5.00 Å². The minimum Gasteiger partial charge on any atom is -0.315 e. The average Bonchev–Trinajstić information content (AvgIpc) is 3.15. The first-order chi connectivity index (χ1) is 10.7. The fourth-order valence-corrected chi connectivity index (χ4v) is 4.87. The van der Waals surface area contributed by atoms with E-state index in [9.17, 15) is 10.1 Å². The summed E-state index contributed by atoms with van der Waals surface area (Å²) in [6, 6.07) is 2.26. The van der Waals surface area contributed by atoms with E-state index in [2.05, 4.69) is 23.2 Å². The summed E-state index contributed by atoms with van der Waals surface area (Å²) in [5.41, 5.74) is 1.90. The molecule has 1 atom stereocenters. The zero-order valence-electron chi connectivity index (χ0n) is 13.2. The number of carbonyl (C=O) groups excluding carboxylic acids is 1. The maximum absolute atomic E-state index is 12.7. The third-order valence-electron chi connectivity index (χ3n) is 4.79. The van der Waals surface area contributed by atoms with Crippen LogP contribution < -0.4 is 5.32 Å². The van der Waals surface area contributed by atoms with Gasteiger partial charge in [-0.15, -0.1) is 11.3 Å². The summed E-state index contributed by atoms with van der Waals surface area (Å²) in [5.74, 6) is 0.0551. The predicted octanol–water partition coefficient (Wildman–Crippen LogP) is 3.31. The molecule has 0 spiro atoms. The highest BCUT2D eigenvalue weighted by Gasteiger charge is 2.28. The molecule has 3 rings (SSSR count). The van der Waals surface area contributed by atoms with Gasteiger partial charge < -0.3 is 5.32 Å². The van der Waals surface area contributed by atoms with Gasteiger partial charge in [-0.05, 0) is 63.6 Å². The van der Waals surface area contributed by atoms with Crippen molar-refractivity contribution in [3.8, 4) is 6.07 Å². The summed E-state index contributed by atoms with van der Waals surface area (Å²) in [5, 5.41) is 13.3. The summed E-state index contributed by atoms with van der Waals surface area (Å²) in [6.07, 6.45) is 7.55. The van der Waals surface area contributed by atoms with E-state index in [1.165, 1.54) is 29.7 Å². The molecule has 1 fully saturated rings.